The fraction of sp³-hybridized carbons (Fsp3) is 1.00. The van der Waals surface area contributed by atoms with Crippen molar-refractivity contribution < 1.29 is 4.74 Å². The van der Waals surface area contributed by atoms with E-state index in [1.165, 1.54) is 32.4 Å². The minimum absolute atomic E-state index is 0.545. The molecule has 0 saturated carbocycles. The third kappa shape index (κ3) is 1.75. The maximum Gasteiger partial charge on any atom is 0.0536 e. The highest BCUT2D eigenvalue weighted by Gasteiger charge is 2.41. The van der Waals surface area contributed by atoms with Crippen LogP contribution in [0.4, 0.5) is 0 Å². The van der Waals surface area contributed by atoms with Crippen LogP contribution in [0.25, 0.3) is 0 Å². The lowest BCUT2D eigenvalue weighted by Gasteiger charge is -2.26. The zero-order valence-corrected chi connectivity index (χ0v) is 8.88. The van der Waals surface area contributed by atoms with E-state index < -0.39 is 0 Å². The summed E-state index contributed by atoms with van der Waals surface area (Å²) < 4.78 is 5.52. The summed E-state index contributed by atoms with van der Waals surface area (Å²) >= 11 is 0. The van der Waals surface area contributed by atoms with Gasteiger partial charge in [-0.2, -0.15) is 0 Å². The van der Waals surface area contributed by atoms with Crippen LogP contribution in [-0.2, 0) is 4.74 Å². The maximum atomic E-state index is 5.52. The zero-order chi connectivity index (χ0) is 9.31. The molecule has 0 radical (unpaired) electrons. The molecule has 0 amide bonds. The van der Waals surface area contributed by atoms with Gasteiger partial charge in [0.15, 0.2) is 0 Å². The first-order valence-electron chi connectivity index (χ1n) is 5.57. The molecular formula is C11H21NO. The van der Waals surface area contributed by atoms with E-state index in [2.05, 4.69) is 18.7 Å². The van der Waals surface area contributed by atoms with Crippen molar-refractivity contribution in [3.63, 3.8) is 0 Å². The molecule has 0 aliphatic carbocycles. The molecule has 2 unspecified atom stereocenters. The predicted molar refractivity (Wildman–Crippen MR) is 53.8 cm³/mol. The summed E-state index contributed by atoms with van der Waals surface area (Å²) in [5.74, 6) is 0. The average Bonchev–Trinajstić information content (AvgIpc) is 2.76. The maximum absolute atomic E-state index is 5.52. The smallest absolute Gasteiger partial charge is 0.0536 e. The standard InChI is InChI=1S/C11H21NO/c1-3-10(2)12-6-4-11(8-12)5-7-13-9-11/h10H,3-9H2,1-2H3. The van der Waals surface area contributed by atoms with E-state index in [0.717, 1.165) is 19.3 Å². The normalized spacial score (nSPS) is 37.4. The van der Waals surface area contributed by atoms with Gasteiger partial charge in [0.1, 0.15) is 0 Å². The van der Waals surface area contributed by atoms with Crippen molar-refractivity contribution in [2.45, 2.75) is 39.2 Å². The largest absolute Gasteiger partial charge is 0.381 e. The van der Waals surface area contributed by atoms with Crippen molar-refractivity contribution in [3.05, 3.63) is 0 Å². The number of hydrogen-bond acceptors (Lipinski definition) is 2. The Balaban J connectivity index is 1.93. The Kier molecular flexibility index (Phi) is 2.61. The molecule has 2 aliphatic heterocycles. The molecule has 2 saturated heterocycles. The van der Waals surface area contributed by atoms with Gasteiger partial charge in [0, 0.05) is 24.6 Å². The molecular weight excluding hydrogens is 162 g/mol. The van der Waals surface area contributed by atoms with Crippen LogP contribution in [0.3, 0.4) is 0 Å². The summed E-state index contributed by atoms with van der Waals surface area (Å²) in [7, 11) is 0. The minimum atomic E-state index is 0.545. The monoisotopic (exact) mass is 183 g/mol. The molecule has 0 aromatic heterocycles. The Morgan fingerprint density at radius 1 is 1.46 bits per heavy atom. The lowest BCUT2D eigenvalue weighted by molar-refractivity contribution is 0.146. The molecule has 13 heavy (non-hydrogen) atoms. The average molecular weight is 183 g/mol. The van der Waals surface area contributed by atoms with Crippen molar-refractivity contribution in [2.24, 2.45) is 5.41 Å². The van der Waals surface area contributed by atoms with Crippen molar-refractivity contribution in [1.29, 1.82) is 0 Å². The number of rotatable bonds is 2. The van der Waals surface area contributed by atoms with Gasteiger partial charge in [-0.25, -0.2) is 0 Å². The molecule has 76 valence electrons. The van der Waals surface area contributed by atoms with E-state index in [1.54, 1.807) is 0 Å². The first-order valence-corrected chi connectivity index (χ1v) is 5.57. The van der Waals surface area contributed by atoms with Gasteiger partial charge in [0.2, 0.25) is 0 Å². The molecule has 2 aliphatic rings. The van der Waals surface area contributed by atoms with Gasteiger partial charge >= 0.3 is 0 Å². The summed E-state index contributed by atoms with van der Waals surface area (Å²) in [4.78, 5) is 2.63. The molecule has 0 aromatic carbocycles. The quantitative estimate of drug-likeness (QED) is 0.648. The molecule has 0 N–H and O–H groups in total. The molecule has 1 spiro atoms. The Morgan fingerprint density at radius 3 is 2.92 bits per heavy atom. The van der Waals surface area contributed by atoms with Gasteiger partial charge in [-0.05, 0) is 32.7 Å². The molecule has 2 heterocycles. The number of nitrogens with zero attached hydrogens (tertiary/aromatic N) is 1. The van der Waals surface area contributed by atoms with Crippen molar-refractivity contribution in [3.8, 4) is 0 Å². The van der Waals surface area contributed by atoms with E-state index in [0.29, 0.717) is 5.41 Å². The summed E-state index contributed by atoms with van der Waals surface area (Å²) in [5.41, 5.74) is 0.545. The second-order valence-electron chi connectivity index (χ2n) is 4.78. The first kappa shape index (κ1) is 9.47. The number of likely N-dealkylation sites (tertiary alicyclic amines) is 1. The third-order valence-corrected chi connectivity index (χ3v) is 3.87. The summed E-state index contributed by atoms with van der Waals surface area (Å²) in [6.45, 7) is 9.20. The van der Waals surface area contributed by atoms with E-state index in [4.69, 9.17) is 4.74 Å². The molecule has 0 bridgehead atoms. The van der Waals surface area contributed by atoms with E-state index in [9.17, 15) is 0 Å². The Morgan fingerprint density at radius 2 is 2.31 bits per heavy atom. The fourth-order valence-electron chi connectivity index (χ4n) is 2.58. The first-order chi connectivity index (χ1) is 6.26. The molecule has 2 fully saturated rings. The molecule has 2 heteroatoms. The van der Waals surface area contributed by atoms with Crippen LogP contribution in [0.2, 0.25) is 0 Å². The van der Waals surface area contributed by atoms with Gasteiger partial charge in [-0.1, -0.05) is 6.92 Å². The van der Waals surface area contributed by atoms with Crippen LogP contribution in [-0.4, -0.2) is 37.2 Å². The van der Waals surface area contributed by atoms with Gasteiger partial charge in [0.25, 0.3) is 0 Å². The van der Waals surface area contributed by atoms with Gasteiger partial charge in [-0.15, -0.1) is 0 Å². The van der Waals surface area contributed by atoms with E-state index >= 15 is 0 Å². The Hall–Kier alpha value is -0.0800. The SMILES string of the molecule is CCC(C)N1CCC2(CCOC2)C1. The second kappa shape index (κ2) is 3.58. The lowest BCUT2D eigenvalue weighted by Crippen LogP contribution is -2.33. The predicted octanol–water partition coefficient (Wildman–Crippen LogP) is 1.90. The number of hydrogen-bond donors (Lipinski definition) is 0. The molecule has 2 atom stereocenters. The van der Waals surface area contributed by atoms with Crippen LogP contribution in [0.15, 0.2) is 0 Å². The molecule has 2 nitrogen and oxygen atoms in total. The zero-order valence-electron chi connectivity index (χ0n) is 8.88. The van der Waals surface area contributed by atoms with Gasteiger partial charge in [-0.3, -0.25) is 0 Å². The van der Waals surface area contributed by atoms with Crippen molar-refractivity contribution >= 4 is 0 Å². The molecule has 2 rings (SSSR count). The van der Waals surface area contributed by atoms with Crippen LogP contribution >= 0.6 is 0 Å². The van der Waals surface area contributed by atoms with Crippen molar-refractivity contribution in [2.75, 3.05) is 26.3 Å². The Labute approximate surface area is 81.3 Å². The van der Waals surface area contributed by atoms with Crippen LogP contribution < -0.4 is 0 Å². The van der Waals surface area contributed by atoms with Crippen LogP contribution in [0.1, 0.15) is 33.1 Å². The third-order valence-electron chi connectivity index (χ3n) is 3.87. The number of ether oxygens (including phenoxy) is 1. The van der Waals surface area contributed by atoms with E-state index in [1.807, 2.05) is 0 Å². The summed E-state index contributed by atoms with van der Waals surface area (Å²) in [6, 6.07) is 0.764. The molecule has 0 aromatic rings. The summed E-state index contributed by atoms with van der Waals surface area (Å²) in [6.07, 6.45) is 3.92. The van der Waals surface area contributed by atoms with E-state index in [-0.39, 0.29) is 0 Å². The second-order valence-corrected chi connectivity index (χ2v) is 4.78. The lowest BCUT2D eigenvalue weighted by atomic mass is 9.87. The van der Waals surface area contributed by atoms with Crippen molar-refractivity contribution in [1.82, 2.24) is 4.90 Å². The van der Waals surface area contributed by atoms with Gasteiger partial charge < -0.3 is 9.64 Å². The highest BCUT2D eigenvalue weighted by Crippen LogP contribution is 2.38. The van der Waals surface area contributed by atoms with Gasteiger partial charge in [0.05, 0.1) is 6.61 Å². The highest BCUT2D eigenvalue weighted by molar-refractivity contribution is 4.93. The van der Waals surface area contributed by atoms with Crippen LogP contribution in [0, 0.1) is 5.41 Å². The fourth-order valence-corrected chi connectivity index (χ4v) is 2.58. The minimum Gasteiger partial charge on any atom is -0.381 e. The topological polar surface area (TPSA) is 12.5 Å². The highest BCUT2D eigenvalue weighted by atomic mass is 16.5. The summed E-state index contributed by atoms with van der Waals surface area (Å²) in [5, 5.41) is 0. The van der Waals surface area contributed by atoms with Crippen LogP contribution in [0.5, 0.6) is 0 Å². The Bertz CT molecular complexity index is 175.